The molecule has 0 bridgehead atoms. The van der Waals surface area contributed by atoms with Gasteiger partial charge in [-0.3, -0.25) is 0 Å². The number of nitriles is 1. The van der Waals surface area contributed by atoms with Crippen LogP contribution < -0.4 is 0 Å². The first-order valence-corrected chi connectivity index (χ1v) is 5.20. The van der Waals surface area contributed by atoms with Gasteiger partial charge < -0.3 is 4.74 Å². The van der Waals surface area contributed by atoms with Crippen LogP contribution in [-0.4, -0.2) is 12.1 Å². The van der Waals surface area contributed by atoms with E-state index in [0.717, 1.165) is 5.57 Å². The van der Waals surface area contributed by atoms with E-state index in [-0.39, 0.29) is 6.10 Å². The first-order valence-electron chi connectivity index (χ1n) is 5.20. The summed E-state index contributed by atoms with van der Waals surface area (Å²) < 4.78 is 5.08. The lowest BCUT2D eigenvalue weighted by atomic mass is 9.83. The Kier molecular flexibility index (Phi) is 4.97. The summed E-state index contributed by atoms with van der Waals surface area (Å²) in [6.07, 6.45) is 1.50. The van der Waals surface area contributed by atoms with E-state index in [1.807, 2.05) is 13.0 Å². The summed E-state index contributed by atoms with van der Waals surface area (Å²) in [6, 6.07) is 2.00. The van der Waals surface area contributed by atoms with E-state index >= 15 is 0 Å². The summed E-state index contributed by atoms with van der Waals surface area (Å²) in [5, 5.41) is 9.13. The fourth-order valence-electron chi connectivity index (χ4n) is 1.14. The normalized spacial score (nSPS) is 15.2. The number of esters is 1. The molecule has 0 spiro atoms. The molecular formula is C13H19NO2. The Morgan fingerprint density at radius 3 is 2.31 bits per heavy atom. The van der Waals surface area contributed by atoms with Crippen LogP contribution in [0.25, 0.3) is 0 Å². The number of hydrogen-bond donors (Lipinski definition) is 0. The fourth-order valence-corrected chi connectivity index (χ4v) is 1.14. The van der Waals surface area contributed by atoms with Crippen LogP contribution in [0.5, 0.6) is 0 Å². The predicted molar refractivity (Wildman–Crippen MR) is 63.5 cm³/mol. The molecule has 0 amide bonds. The Balaban J connectivity index is 5.15. The van der Waals surface area contributed by atoms with Gasteiger partial charge in [0.15, 0.2) is 5.41 Å². The third kappa shape index (κ3) is 3.54. The van der Waals surface area contributed by atoms with Crippen molar-refractivity contribution in [1.82, 2.24) is 0 Å². The average molecular weight is 221 g/mol. The van der Waals surface area contributed by atoms with Crippen molar-refractivity contribution >= 4 is 5.97 Å². The molecule has 0 saturated carbocycles. The molecule has 0 aromatic heterocycles. The summed E-state index contributed by atoms with van der Waals surface area (Å²) in [4.78, 5) is 11.8. The highest BCUT2D eigenvalue weighted by Crippen LogP contribution is 2.28. The fraction of sp³-hybridized carbons (Fsp3) is 0.538. The molecule has 0 fully saturated rings. The van der Waals surface area contributed by atoms with Crippen molar-refractivity contribution < 1.29 is 9.53 Å². The molecule has 0 aliphatic rings. The van der Waals surface area contributed by atoms with E-state index < -0.39 is 11.4 Å². The third-order valence-corrected chi connectivity index (χ3v) is 2.23. The van der Waals surface area contributed by atoms with Gasteiger partial charge in [-0.1, -0.05) is 18.2 Å². The average Bonchev–Trinajstić information content (AvgIpc) is 2.14. The second kappa shape index (κ2) is 5.50. The zero-order valence-corrected chi connectivity index (χ0v) is 10.6. The van der Waals surface area contributed by atoms with Crippen molar-refractivity contribution in [2.24, 2.45) is 5.41 Å². The van der Waals surface area contributed by atoms with Crippen molar-refractivity contribution in [3.63, 3.8) is 0 Å². The predicted octanol–water partition coefficient (Wildman–Crippen LogP) is 2.99. The highest BCUT2D eigenvalue weighted by Gasteiger charge is 2.37. The van der Waals surface area contributed by atoms with E-state index in [4.69, 9.17) is 10.00 Å². The summed E-state index contributed by atoms with van der Waals surface area (Å²) in [6.45, 7) is 12.4. The Hall–Kier alpha value is -1.56. The number of hydrogen-bond acceptors (Lipinski definition) is 3. The summed E-state index contributed by atoms with van der Waals surface area (Å²) >= 11 is 0. The molecule has 0 aliphatic carbocycles. The maximum Gasteiger partial charge on any atom is 0.330 e. The summed E-state index contributed by atoms with van der Waals surface area (Å²) in [7, 11) is 0. The van der Waals surface area contributed by atoms with Crippen LogP contribution in [0.4, 0.5) is 0 Å². The topological polar surface area (TPSA) is 50.1 Å². The van der Waals surface area contributed by atoms with Gasteiger partial charge in [-0.15, -0.1) is 0 Å². The second-order valence-electron chi connectivity index (χ2n) is 4.36. The summed E-state index contributed by atoms with van der Waals surface area (Å²) in [5.41, 5.74) is 0.216. The van der Waals surface area contributed by atoms with Gasteiger partial charge in [-0.25, -0.2) is 4.79 Å². The monoisotopic (exact) mass is 221 g/mol. The highest BCUT2D eigenvalue weighted by molar-refractivity contribution is 5.83. The zero-order valence-electron chi connectivity index (χ0n) is 10.6. The number of rotatable bonds is 4. The third-order valence-electron chi connectivity index (χ3n) is 2.23. The Labute approximate surface area is 97.4 Å². The van der Waals surface area contributed by atoms with E-state index in [9.17, 15) is 4.79 Å². The van der Waals surface area contributed by atoms with E-state index in [1.54, 1.807) is 33.8 Å². The van der Waals surface area contributed by atoms with Gasteiger partial charge in [-0.2, -0.15) is 5.26 Å². The molecule has 0 rings (SSSR count). The molecular weight excluding hydrogens is 202 g/mol. The minimum Gasteiger partial charge on any atom is -0.462 e. The van der Waals surface area contributed by atoms with E-state index in [0.29, 0.717) is 5.57 Å². The van der Waals surface area contributed by atoms with Gasteiger partial charge in [0, 0.05) is 0 Å². The van der Waals surface area contributed by atoms with Crippen molar-refractivity contribution in [2.45, 2.75) is 40.7 Å². The zero-order chi connectivity index (χ0) is 12.9. The molecule has 0 aliphatic heterocycles. The standard InChI is InChI=1S/C13H19NO2/c1-9(2)7-11(5)13(6,8-14)12(15)16-10(3)4/h7,10H,1H2,2-6H3/b11-7-/t13-/m0/s1. The smallest absolute Gasteiger partial charge is 0.330 e. The maximum atomic E-state index is 11.8. The van der Waals surface area contributed by atoms with Crippen LogP contribution in [0.2, 0.25) is 0 Å². The molecule has 0 unspecified atom stereocenters. The van der Waals surface area contributed by atoms with E-state index in [1.165, 1.54) is 0 Å². The number of carbonyl (C=O) groups is 1. The molecule has 0 N–H and O–H groups in total. The molecule has 0 radical (unpaired) electrons. The van der Waals surface area contributed by atoms with Crippen LogP contribution in [0.15, 0.2) is 23.8 Å². The van der Waals surface area contributed by atoms with Gasteiger partial charge in [0.05, 0.1) is 12.2 Å². The minimum atomic E-state index is -1.23. The van der Waals surface area contributed by atoms with Crippen molar-refractivity contribution in [1.29, 1.82) is 5.26 Å². The lowest BCUT2D eigenvalue weighted by Gasteiger charge is -2.22. The lowest BCUT2D eigenvalue weighted by Crippen LogP contribution is -2.31. The van der Waals surface area contributed by atoms with Gasteiger partial charge >= 0.3 is 5.97 Å². The van der Waals surface area contributed by atoms with Crippen LogP contribution in [0, 0.1) is 16.7 Å². The molecule has 1 atom stereocenters. The molecule has 0 heterocycles. The molecule has 0 aromatic rings. The Morgan fingerprint density at radius 1 is 1.50 bits per heavy atom. The first kappa shape index (κ1) is 14.4. The highest BCUT2D eigenvalue weighted by atomic mass is 16.5. The molecule has 0 aromatic carbocycles. The van der Waals surface area contributed by atoms with Crippen LogP contribution in [-0.2, 0) is 9.53 Å². The van der Waals surface area contributed by atoms with E-state index in [2.05, 4.69) is 6.58 Å². The number of nitrogens with zero attached hydrogens (tertiary/aromatic N) is 1. The Bertz CT molecular complexity index is 361. The van der Waals surface area contributed by atoms with Gasteiger partial charge in [-0.05, 0) is 40.2 Å². The van der Waals surface area contributed by atoms with Crippen LogP contribution in [0.3, 0.4) is 0 Å². The number of carbonyl (C=O) groups excluding carboxylic acids is 1. The number of ether oxygens (including phenoxy) is 1. The van der Waals surface area contributed by atoms with Crippen molar-refractivity contribution in [3.05, 3.63) is 23.8 Å². The van der Waals surface area contributed by atoms with Crippen molar-refractivity contribution in [3.8, 4) is 6.07 Å². The van der Waals surface area contributed by atoms with Crippen LogP contribution >= 0.6 is 0 Å². The minimum absolute atomic E-state index is 0.224. The largest absolute Gasteiger partial charge is 0.462 e. The first-order chi connectivity index (χ1) is 7.24. The maximum absolute atomic E-state index is 11.8. The second-order valence-corrected chi connectivity index (χ2v) is 4.36. The van der Waals surface area contributed by atoms with Gasteiger partial charge in [0.25, 0.3) is 0 Å². The van der Waals surface area contributed by atoms with Crippen molar-refractivity contribution in [2.75, 3.05) is 0 Å². The quantitative estimate of drug-likeness (QED) is 0.541. The molecule has 3 heteroatoms. The number of allylic oxidation sites excluding steroid dienone is 2. The molecule has 16 heavy (non-hydrogen) atoms. The molecule has 0 saturated heterocycles. The van der Waals surface area contributed by atoms with Crippen LogP contribution in [0.1, 0.15) is 34.6 Å². The molecule has 88 valence electrons. The van der Waals surface area contributed by atoms with Gasteiger partial charge in [0.2, 0.25) is 0 Å². The Morgan fingerprint density at radius 2 is 2.00 bits per heavy atom. The SMILES string of the molecule is C=C(C)/C=C(/C)[C@](C)(C#N)C(=O)OC(C)C. The lowest BCUT2D eigenvalue weighted by molar-refractivity contribution is -0.153. The summed E-state index contributed by atoms with van der Waals surface area (Å²) in [5.74, 6) is -0.514. The van der Waals surface area contributed by atoms with Gasteiger partial charge in [0.1, 0.15) is 0 Å². The molecule has 3 nitrogen and oxygen atoms in total.